The maximum atomic E-state index is 13.6. The average Bonchev–Trinajstić information content (AvgIpc) is 2.46. The van der Waals surface area contributed by atoms with Crippen LogP contribution < -0.4 is 5.32 Å². The molecule has 0 saturated carbocycles. The molecule has 106 valence electrons. The van der Waals surface area contributed by atoms with Crippen molar-refractivity contribution in [3.8, 4) is 0 Å². The summed E-state index contributed by atoms with van der Waals surface area (Å²) in [6.07, 6.45) is 0. The third-order valence-corrected chi connectivity index (χ3v) is 4.88. The van der Waals surface area contributed by atoms with Gasteiger partial charge < -0.3 is 5.32 Å². The van der Waals surface area contributed by atoms with E-state index in [1.807, 2.05) is 30.3 Å². The van der Waals surface area contributed by atoms with Crippen LogP contribution in [0.1, 0.15) is 11.6 Å². The molecule has 0 aliphatic heterocycles. The number of sulfone groups is 1. The Balaban J connectivity index is 2.30. The molecule has 5 heteroatoms. The summed E-state index contributed by atoms with van der Waals surface area (Å²) < 4.78 is 38.3. The van der Waals surface area contributed by atoms with Gasteiger partial charge in [0, 0.05) is 6.04 Å². The lowest BCUT2D eigenvalue weighted by Gasteiger charge is -2.17. The van der Waals surface area contributed by atoms with Crippen molar-refractivity contribution < 1.29 is 12.8 Å². The molecule has 2 aromatic rings. The van der Waals surface area contributed by atoms with Crippen LogP contribution >= 0.6 is 0 Å². The van der Waals surface area contributed by atoms with Crippen LogP contribution in [0.15, 0.2) is 59.5 Å². The fourth-order valence-electron chi connectivity index (χ4n) is 2.04. The topological polar surface area (TPSA) is 46.2 Å². The molecule has 0 aliphatic carbocycles. The highest BCUT2D eigenvalue weighted by Gasteiger charge is 2.23. The van der Waals surface area contributed by atoms with E-state index in [1.165, 1.54) is 18.2 Å². The van der Waals surface area contributed by atoms with Gasteiger partial charge in [-0.3, -0.25) is 0 Å². The molecule has 0 bridgehead atoms. The van der Waals surface area contributed by atoms with Gasteiger partial charge in [0.15, 0.2) is 9.84 Å². The summed E-state index contributed by atoms with van der Waals surface area (Å²) in [4.78, 5) is -0.254. The summed E-state index contributed by atoms with van der Waals surface area (Å²) in [6, 6.07) is 14.3. The van der Waals surface area contributed by atoms with Crippen LogP contribution in [-0.2, 0) is 9.84 Å². The third-order valence-electron chi connectivity index (χ3n) is 3.11. The van der Waals surface area contributed by atoms with Crippen LogP contribution in [0.3, 0.4) is 0 Å². The monoisotopic (exact) mass is 293 g/mol. The molecule has 0 aliphatic rings. The average molecular weight is 293 g/mol. The van der Waals surface area contributed by atoms with Crippen LogP contribution in [0, 0.1) is 5.82 Å². The minimum absolute atomic E-state index is 0.186. The van der Waals surface area contributed by atoms with Crippen molar-refractivity contribution in [1.82, 2.24) is 5.32 Å². The molecule has 3 nitrogen and oxygen atoms in total. The van der Waals surface area contributed by atoms with Gasteiger partial charge in [-0.1, -0.05) is 42.5 Å². The molecule has 20 heavy (non-hydrogen) atoms. The molecule has 0 fully saturated rings. The van der Waals surface area contributed by atoms with Crippen molar-refractivity contribution in [3.63, 3.8) is 0 Å². The van der Waals surface area contributed by atoms with Crippen LogP contribution in [0.4, 0.5) is 4.39 Å². The van der Waals surface area contributed by atoms with Gasteiger partial charge in [-0.05, 0) is 24.7 Å². The molecule has 0 heterocycles. The summed E-state index contributed by atoms with van der Waals surface area (Å²) in [5.41, 5.74) is 0.856. The second-order valence-corrected chi connectivity index (χ2v) is 6.47. The van der Waals surface area contributed by atoms with Crippen LogP contribution in [0.5, 0.6) is 0 Å². The van der Waals surface area contributed by atoms with Gasteiger partial charge in [0.1, 0.15) is 10.7 Å². The fraction of sp³-hybridized carbons (Fsp3) is 0.200. The minimum atomic E-state index is -3.69. The molecule has 1 N–H and O–H groups in total. The molecular weight excluding hydrogens is 277 g/mol. The fourth-order valence-corrected chi connectivity index (χ4v) is 3.67. The number of hydrogen-bond donors (Lipinski definition) is 1. The van der Waals surface area contributed by atoms with Crippen molar-refractivity contribution in [2.75, 3.05) is 12.8 Å². The van der Waals surface area contributed by atoms with Gasteiger partial charge in [0.2, 0.25) is 0 Å². The van der Waals surface area contributed by atoms with Crippen LogP contribution in [0.25, 0.3) is 0 Å². The second-order valence-electron chi connectivity index (χ2n) is 4.46. The van der Waals surface area contributed by atoms with Crippen molar-refractivity contribution >= 4 is 9.84 Å². The molecule has 2 aromatic carbocycles. The Morgan fingerprint density at radius 3 is 2.25 bits per heavy atom. The first-order valence-electron chi connectivity index (χ1n) is 6.24. The van der Waals surface area contributed by atoms with E-state index in [0.29, 0.717) is 0 Å². The number of benzene rings is 2. The second kappa shape index (κ2) is 6.15. The quantitative estimate of drug-likeness (QED) is 0.921. The van der Waals surface area contributed by atoms with Gasteiger partial charge in [0.05, 0.1) is 5.75 Å². The Labute approximate surface area is 118 Å². The van der Waals surface area contributed by atoms with E-state index in [0.717, 1.165) is 11.6 Å². The van der Waals surface area contributed by atoms with E-state index in [1.54, 1.807) is 7.05 Å². The maximum Gasteiger partial charge on any atom is 0.183 e. The van der Waals surface area contributed by atoms with Gasteiger partial charge in [-0.15, -0.1) is 0 Å². The highest BCUT2D eigenvalue weighted by Crippen LogP contribution is 2.21. The van der Waals surface area contributed by atoms with Crippen molar-refractivity contribution in [2.45, 2.75) is 10.9 Å². The Kier molecular flexibility index (Phi) is 4.52. The summed E-state index contributed by atoms with van der Waals surface area (Å²) in [7, 11) is -2.00. The highest BCUT2D eigenvalue weighted by molar-refractivity contribution is 7.91. The lowest BCUT2D eigenvalue weighted by atomic mass is 10.1. The summed E-state index contributed by atoms with van der Waals surface area (Å²) >= 11 is 0. The molecule has 0 amide bonds. The zero-order chi connectivity index (χ0) is 14.6. The lowest BCUT2D eigenvalue weighted by molar-refractivity contribution is 0.554. The van der Waals surface area contributed by atoms with Crippen molar-refractivity contribution in [3.05, 3.63) is 66.0 Å². The summed E-state index contributed by atoms with van der Waals surface area (Å²) in [5.74, 6) is -0.899. The molecule has 1 atom stereocenters. The minimum Gasteiger partial charge on any atom is -0.312 e. The van der Waals surface area contributed by atoms with E-state index in [9.17, 15) is 12.8 Å². The van der Waals surface area contributed by atoms with Gasteiger partial charge in [-0.2, -0.15) is 0 Å². The first-order chi connectivity index (χ1) is 9.54. The van der Waals surface area contributed by atoms with Crippen LogP contribution in [-0.4, -0.2) is 21.2 Å². The molecule has 0 spiro atoms. The van der Waals surface area contributed by atoms with Gasteiger partial charge in [-0.25, -0.2) is 12.8 Å². The summed E-state index contributed by atoms with van der Waals surface area (Å²) in [5, 5.41) is 2.96. The first kappa shape index (κ1) is 14.7. The lowest BCUT2D eigenvalue weighted by Crippen LogP contribution is -2.25. The number of nitrogens with one attached hydrogen (secondary N) is 1. The number of hydrogen-bond acceptors (Lipinski definition) is 3. The normalized spacial score (nSPS) is 13.1. The largest absolute Gasteiger partial charge is 0.312 e. The predicted octanol–water partition coefficient (Wildman–Crippen LogP) is 2.56. The van der Waals surface area contributed by atoms with E-state index in [-0.39, 0.29) is 16.7 Å². The predicted molar refractivity (Wildman–Crippen MR) is 76.7 cm³/mol. The zero-order valence-corrected chi connectivity index (χ0v) is 11.9. The van der Waals surface area contributed by atoms with E-state index in [4.69, 9.17) is 0 Å². The SMILES string of the molecule is CNC(CS(=O)(=O)c1ccccc1F)c1ccccc1. The Bertz CT molecular complexity index is 671. The molecule has 0 saturated heterocycles. The maximum absolute atomic E-state index is 13.6. The van der Waals surface area contributed by atoms with Gasteiger partial charge >= 0.3 is 0 Å². The third kappa shape index (κ3) is 3.23. The first-order valence-corrected chi connectivity index (χ1v) is 7.89. The van der Waals surface area contributed by atoms with E-state index >= 15 is 0 Å². The summed E-state index contributed by atoms with van der Waals surface area (Å²) in [6.45, 7) is 0. The Hall–Kier alpha value is -1.72. The Morgan fingerprint density at radius 2 is 1.65 bits per heavy atom. The molecule has 0 radical (unpaired) electrons. The van der Waals surface area contributed by atoms with Gasteiger partial charge in [0.25, 0.3) is 0 Å². The standard InChI is InChI=1S/C15H16FNO2S/c1-17-14(12-7-3-2-4-8-12)11-20(18,19)15-10-6-5-9-13(15)16/h2-10,14,17H,11H2,1H3. The zero-order valence-electron chi connectivity index (χ0n) is 11.1. The molecule has 0 aromatic heterocycles. The molecular formula is C15H16FNO2S. The van der Waals surface area contributed by atoms with Crippen molar-refractivity contribution in [1.29, 1.82) is 0 Å². The molecule has 1 unspecified atom stereocenters. The number of halogens is 1. The Morgan fingerprint density at radius 1 is 1.05 bits per heavy atom. The number of rotatable bonds is 5. The van der Waals surface area contributed by atoms with Crippen molar-refractivity contribution in [2.24, 2.45) is 0 Å². The highest BCUT2D eigenvalue weighted by atomic mass is 32.2. The smallest absolute Gasteiger partial charge is 0.183 e. The molecule has 2 rings (SSSR count). The van der Waals surface area contributed by atoms with E-state index in [2.05, 4.69) is 5.32 Å². The van der Waals surface area contributed by atoms with E-state index < -0.39 is 15.7 Å². The van der Waals surface area contributed by atoms with Crippen LogP contribution in [0.2, 0.25) is 0 Å².